The number of nitrogens with zero attached hydrogens (tertiary/aromatic N) is 5. The van der Waals surface area contributed by atoms with Gasteiger partial charge in [0.25, 0.3) is 0 Å². The predicted molar refractivity (Wildman–Crippen MR) is 95.5 cm³/mol. The fourth-order valence-corrected chi connectivity index (χ4v) is 3.13. The number of hydrogen-bond acceptors (Lipinski definition) is 6. The normalized spacial score (nSPS) is 15.2. The molecule has 2 aromatic heterocycles. The minimum Gasteiger partial charge on any atom is -0.355 e. The summed E-state index contributed by atoms with van der Waals surface area (Å²) in [5, 5.41) is 12.6. The highest BCUT2D eigenvalue weighted by Gasteiger charge is 2.13. The molecule has 4 rings (SSSR count). The molecule has 122 valence electrons. The van der Waals surface area contributed by atoms with Crippen LogP contribution >= 0.6 is 0 Å². The number of fused-ring (bicyclic) bond motifs is 1. The number of para-hydroxylation sites is 1. The highest BCUT2D eigenvalue weighted by atomic mass is 15.3. The fourth-order valence-electron chi connectivity index (χ4n) is 3.13. The van der Waals surface area contributed by atoms with Gasteiger partial charge in [-0.25, -0.2) is 0 Å². The van der Waals surface area contributed by atoms with Gasteiger partial charge in [0, 0.05) is 24.7 Å². The highest BCUT2D eigenvalue weighted by Crippen LogP contribution is 2.24. The van der Waals surface area contributed by atoms with Crippen molar-refractivity contribution >= 4 is 28.4 Å². The van der Waals surface area contributed by atoms with E-state index in [9.17, 15) is 0 Å². The largest absolute Gasteiger partial charge is 0.355 e. The lowest BCUT2D eigenvalue weighted by atomic mass is 10.2. The molecule has 0 aliphatic carbocycles. The molecule has 24 heavy (non-hydrogen) atoms. The first-order valence-corrected chi connectivity index (χ1v) is 8.45. The van der Waals surface area contributed by atoms with Gasteiger partial charge in [0.1, 0.15) is 0 Å². The summed E-state index contributed by atoms with van der Waals surface area (Å²) in [6.07, 6.45) is 8.54. The summed E-state index contributed by atoms with van der Waals surface area (Å²) >= 11 is 0. The van der Waals surface area contributed by atoms with E-state index >= 15 is 0 Å². The maximum Gasteiger partial charge on any atom is 0.249 e. The van der Waals surface area contributed by atoms with Gasteiger partial charge in [-0.2, -0.15) is 10.1 Å². The molecule has 6 heteroatoms. The van der Waals surface area contributed by atoms with Crippen molar-refractivity contribution in [3.05, 3.63) is 42.7 Å². The monoisotopic (exact) mass is 320 g/mol. The minimum atomic E-state index is 0.509. The molecule has 3 heterocycles. The van der Waals surface area contributed by atoms with Crippen LogP contribution in [0.3, 0.4) is 0 Å². The van der Waals surface area contributed by atoms with E-state index in [0.29, 0.717) is 5.95 Å². The Balaban J connectivity index is 1.61. The molecule has 3 aromatic rings. The lowest BCUT2D eigenvalue weighted by Gasteiger charge is -2.21. The smallest absolute Gasteiger partial charge is 0.249 e. The lowest BCUT2D eigenvalue weighted by Crippen LogP contribution is -2.25. The quantitative estimate of drug-likeness (QED) is 0.796. The first-order chi connectivity index (χ1) is 11.9. The van der Waals surface area contributed by atoms with Crippen molar-refractivity contribution in [1.29, 1.82) is 0 Å². The SMILES string of the molecule is c1cnc2c(Nc3nncc(N4CCCCCC4)n3)cccc2c1. The molecule has 0 saturated carbocycles. The van der Waals surface area contributed by atoms with Crippen molar-refractivity contribution < 1.29 is 0 Å². The molecule has 0 spiro atoms. The van der Waals surface area contributed by atoms with Crippen molar-refractivity contribution in [1.82, 2.24) is 20.2 Å². The van der Waals surface area contributed by atoms with Crippen LogP contribution in [0.4, 0.5) is 17.5 Å². The molecule has 1 aliphatic rings. The number of pyridine rings is 1. The van der Waals surface area contributed by atoms with Gasteiger partial charge in [-0.15, -0.1) is 5.10 Å². The van der Waals surface area contributed by atoms with Crippen LogP contribution in [0, 0.1) is 0 Å². The predicted octanol–water partition coefficient (Wildman–Crippen LogP) is 3.54. The van der Waals surface area contributed by atoms with Gasteiger partial charge in [0.2, 0.25) is 5.95 Å². The molecular formula is C18H20N6. The topological polar surface area (TPSA) is 66.8 Å². The highest BCUT2D eigenvalue weighted by molar-refractivity contribution is 5.91. The summed E-state index contributed by atoms with van der Waals surface area (Å²) < 4.78 is 0. The molecular weight excluding hydrogens is 300 g/mol. The average molecular weight is 320 g/mol. The van der Waals surface area contributed by atoms with E-state index in [4.69, 9.17) is 0 Å². The number of rotatable bonds is 3. The molecule has 1 N–H and O–H groups in total. The van der Waals surface area contributed by atoms with Gasteiger partial charge in [0.05, 0.1) is 17.4 Å². The van der Waals surface area contributed by atoms with E-state index in [-0.39, 0.29) is 0 Å². The molecule has 1 fully saturated rings. The van der Waals surface area contributed by atoms with Crippen LogP contribution in [0.5, 0.6) is 0 Å². The third-order valence-electron chi connectivity index (χ3n) is 4.36. The van der Waals surface area contributed by atoms with Crippen LogP contribution in [0.15, 0.2) is 42.7 Å². The first kappa shape index (κ1) is 14.8. The first-order valence-electron chi connectivity index (χ1n) is 8.45. The Bertz CT molecular complexity index is 821. The van der Waals surface area contributed by atoms with Gasteiger partial charge in [-0.05, 0) is 25.0 Å². The molecule has 1 saturated heterocycles. The van der Waals surface area contributed by atoms with Crippen LogP contribution in [-0.4, -0.2) is 33.3 Å². The Labute approximate surface area is 141 Å². The van der Waals surface area contributed by atoms with E-state index in [1.54, 1.807) is 12.4 Å². The zero-order valence-corrected chi connectivity index (χ0v) is 13.5. The molecule has 0 unspecified atom stereocenters. The summed E-state index contributed by atoms with van der Waals surface area (Å²) in [7, 11) is 0. The summed E-state index contributed by atoms with van der Waals surface area (Å²) in [6, 6.07) is 10.0. The minimum absolute atomic E-state index is 0.509. The Hall–Kier alpha value is -2.76. The summed E-state index contributed by atoms with van der Waals surface area (Å²) in [5.41, 5.74) is 1.80. The Morgan fingerprint density at radius 2 is 1.79 bits per heavy atom. The Kier molecular flexibility index (Phi) is 4.18. The lowest BCUT2D eigenvalue weighted by molar-refractivity contribution is 0.726. The van der Waals surface area contributed by atoms with Crippen molar-refractivity contribution in [3.63, 3.8) is 0 Å². The third-order valence-corrected chi connectivity index (χ3v) is 4.36. The van der Waals surface area contributed by atoms with Gasteiger partial charge < -0.3 is 10.2 Å². The second-order valence-corrected chi connectivity index (χ2v) is 6.05. The third kappa shape index (κ3) is 3.13. The molecule has 0 radical (unpaired) electrons. The second-order valence-electron chi connectivity index (χ2n) is 6.05. The van der Waals surface area contributed by atoms with Crippen molar-refractivity contribution in [3.8, 4) is 0 Å². The van der Waals surface area contributed by atoms with E-state index in [1.807, 2.05) is 30.3 Å². The van der Waals surface area contributed by atoms with Crippen LogP contribution in [0.1, 0.15) is 25.7 Å². The maximum atomic E-state index is 4.65. The van der Waals surface area contributed by atoms with Crippen LogP contribution in [-0.2, 0) is 0 Å². The second kappa shape index (κ2) is 6.78. The van der Waals surface area contributed by atoms with E-state index in [0.717, 1.165) is 35.5 Å². The fraction of sp³-hybridized carbons (Fsp3) is 0.333. The van der Waals surface area contributed by atoms with Crippen molar-refractivity contribution in [2.45, 2.75) is 25.7 Å². The summed E-state index contributed by atoms with van der Waals surface area (Å²) in [6.45, 7) is 2.07. The van der Waals surface area contributed by atoms with Gasteiger partial charge in [-0.1, -0.05) is 31.0 Å². The molecule has 1 aliphatic heterocycles. The molecule has 0 bridgehead atoms. The number of nitrogens with one attached hydrogen (secondary N) is 1. The number of anilines is 3. The molecule has 0 amide bonds. The maximum absolute atomic E-state index is 4.65. The molecule has 6 nitrogen and oxygen atoms in total. The number of benzene rings is 1. The van der Waals surface area contributed by atoms with Crippen LogP contribution in [0.25, 0.3) is 10.9 Å². The van der Waals surface area contributed by atoms with Crippen LogP contribution < -0.4 is 10.2 Å². The standard InChI is InChI=1S/C18H20N6/c1-2-4-12-24(11-3-1)16-13-20-23-18(22-16)21-15-9-5-7-14-8-6-10-19-17(14)15/h5-10,13H,1-4,11-12H2,(H,21,22,23). The van der Waals surface area contributed by atoms with Crippen molar-refractivity contribution in [2.24, 2.45) is 0 Å². The molecule has 0 atom stereocenters. The van der Waals surface area contributed by atoms with Gasteiger partial charge in [0.15, 0.2) is 5.82 Å². The molecule has 1 aromatic carbocycles. The average Bonchev–Trinajstić information content (AvgIpc) is 2.92. The summed E-state index contributed by atoms with van der Waals surface area (Å²) in [4.78, 5) is 11.4. The Morgan fingerprint density at radius 1 is 0.958 bits per heavy atom. The van der Waals surface area contributed by atoms with Crippen LogP contribution in [0.2, 0.25) is 0 Å². The van der Waals surface area contributed by atoms with Crippen molar-refractivity contribution in [2.75, 3.05) is 23.3 Å². The van der Waals surface area contributed by atoms with Gasteiger partial charge in [-0.3, -0.25) is 4.98 Å². The summed E-state index contributed by atoms with van der Waals surface area (Å²) in [5.74, 6) is 1.40. The zero-order valence-electron chi connectivity index (χ0n) is 13.5. The number of hydrogen-bond donors (Lipinski definition) is 1. The Morgan fingerprint density at radius 3 is 2.67 bits per heavy atom. The van der Waals surface area contributed by atoms with E-state index < -0.39 is 0 Å². The van der Waals surface area contributed by atoms with E-state index in [1.165, 1.54) is 25.7 Å². The van der Waals surface area contributed by atoms with Gasteiger partial charge >= 0.3 is 0 Å². The zero-order chi connectivity index (χ0) is 16.2. The van der Waals surface area contributed by atoms with E-state index in [2.05, 4.69) is 30.4 Å². The number of aromatic nitrogens is 4.